The van der Waals surface area contributed by atoms with Crippen LogP contribution >= 0.6 is 11.6 Å². The highest BCUT2D eigenvalue weighted by Crippen LogP contribution is 2.16. The van der Waals surface area contributed by atoms with E-state index in [0.717, 1.165) is 12.8 Å². The van der Waals surface area contributed by atoms with E-state index in [4.69, 9.17) is 16.3 Å². The number of hydrogen-bond donors (Lipinski definition) is 1. The van der Waals surface area contributed by atoms with E-state index in [1.165, 1.54) is 0 Å². The van der Waals surface area contributed by atoms with E-state index >= 15 is 0 Å². The Bertz CT molecular complexity index is 566. The van der Waals surface area contributed by atoms with Crippen LogP contribution in [0.25, 0.3) is 0 Å². The van der Waals surface area contributed by atoms with Crippen molar-refractivity contribution < 1.29 is 14.3 Å². The second kappa shape index (κ2) is 7.21. The van der Waals surface area contributed by atoms with Gasteiger partial charge >= 0.3 is 6.09 Å². The normalized spacial score (nSPS) is 18.4. The maximum atomic E-state index is 12.5. The predicted molar refractivity (Wildman–Crippen MR) is 89.7 cm³/mol. The molecule has 1 aliphatic heterocycles. The minimum atomic E-state index is -0.530. The quantitative estimate of drug-likeness (QED) is 0.898. The molecule has 2 rings (SSSR count). The van der Waals surface area contributed by atoms with Crippen LogP contribution in [0.2, 0.25) is 5.02 Å². The van der Waals surface area contributed by atoms with Crippen molar-refractivity contribution in [1.29, 1.82) is 0 Å². The molecule has 1 N–H and O–H groups in total. The Morgan fingerprint density at radius 1 is 1.26 bits per heavy atom. The SMILES string of the molecule is CC(C)(C)OC(=O)NC1CCCN(C(=O)c2ccc(Cl)cc2)C1. The minimum absolute atomic E-state index is 0.0441. The second-order valence-electron chi connectivity index (χ2n) is 6.74. The molecule has 2 amide bonds. The third-order valence-electron chi connectivity index (χ3n) is 3.52. The first-order valence-corrected chi connectivity index (χ1v) is 8.17. The lowest BCUT2D eigenvalue weighted by Crippen LogP contribution is -2.50. The zero-order chi connectivity index (χ0) is 17.0. The van der Waals surface area contributed by atoms with Gasteiger partial charge in [-0.15, -0.1) is 0 Å². The highest BCUT2D eigenvalue weighted by Gasteiger charge is 2.27. The van der Waals surface area contributed by atoms with Crippen molar-refractivity contribution in [3.05, 3.63) is 34.9 Å². The Hall–Kier alpha value is -1.75. The van der Waals surface area contributed by atoms with E-state index in [9.17, 15) is 9.59 Å². The molecule has 0 spiro atoms. The Morgan fingerprint density at radius 2 is 1.91 bits per heavy atom. The maximum Gasteiger partial charge on any atom is 0.407 e. The van der Waals surface area contributed by atoms with E-state index in [0.29, 0.717) is 23.7 Å². The van der Waals surface area contributed by atoms with Crippen LogP contribution in [0.4, 0.5) is 4.79 Å². The summed E-state index contributed by atoms with van der Waals surface area (Å²) in [6, 6.07) is 6.75. The van der Waals surface area contributed by atoms with Gasteiger partial charge in [-0.25, -0.2) is 4.79 Å². The van der Waals surface area contributed by atoms with Gasteiger partial charge in [-0.2, -0.15) is 0 Å². The highest BCUT2D eigenvalue weighted by molar-refractivity contribution is 6.30. The van der Waals surface area contributed by atoms with Crippen molar-refractivity contribution in [1.82, 2.24) is 10.2 Å². The fourth-order valence-electron chi connectivity index (χ4n) is 2.53. The highest BCUT2D eigenvalue weighted by atomic mass is 35.5. The molecule has 1 heterocycles. The van der Waals surface area contributed by atoms with Gasteiger partial charge in [0.15, 0.2) is 0 Å². The Labute approximate surface area is 141 Å². The van der Waals surface area contributed by atoms with E-state index in [2.05, 4.69) is 5.32 Å². The number of likely N-dealkylation sites (tertiary alicyclic amines) is 1. The molecule has 0 aromatic heterocycles. The van der Waals surface area contributed by atoms with Gasteiger partial charge in [0.25, 0.3) is 5.91 Å². The van der Waals surface area contributed by atoms with Crippen LogP contribution in [0, 0.1) is 0 Å². The van der Waals surface area contributed by atoms with Gasteiger partial charge in [0, 0.05) is 29.7 Å². The number of halogens is 1. The Kier molecular flexibility index (Phi) is 5.52. The number of carbonyl (C=O) groups excluding carboxylic acids is 2. The molecule has 23 heavy (non-hydrogen) atoms. The van der Waals surface area contributed by atoms with Crippen LogP contribution in [-0.4, -0.2) is 41.6 Å². The fourth-order valence-corrected chi connectivity index (χ4v) is 2.65. The molecule has 1 aromatic carbocycles. The standard InChI is InChI=1S/C17H23ClN2O3/c1-17(2,3)23-16(22)19-14-5-4-10-20(11-14)15(21)12-6-8-13(18)9-7-12/h6-9,14H,4-5,10-11H2,1-3H3,(H,19,22). The monoisotopic (exact) mass is 338 g/mol. The Morgan fingerprint density at radius 3 is 2.52 bits per heavy atom. The summed E-state index contributed by atoms with van der Waals surface area (Å²) in [7, 11) is 0. The lowest BCUT2D eigenvalue weighted by molar-refractivity contribution is 0.0452. The van der Waals surface area contributed by atoms with Crippen LogP contribution in [0.1, 0.15) is 44.0 Å². The van der Waals surface area contributed by atoms with Gasteiger partial charge in [-0.05, 0) is 57.9 Å². The number of alkyl carbamates (subject to hydrolysis) is 1. The number of nitrogens with one attached hydrogen (secondary N) is 1. The molecule has 1 unspecified atom stereocenters. The zero-order valence-electron chi connectivity index (χ0n) is 13.8. The van der Waals surface area contributed by atoms with Crippen LogP contribution in [0.3, 0.4) is 0 Å². The molecule has 126 valence electrons. The number of benzene rings is 1. The molecule has 0 aliphatic carbocycles. The van der Waals surface area contributed by atoms with E-state index in [1.807, 2.05) is 20.8 Å². The summed E-state index contributed by atoms with van der Waals surface area (Å²) < 4.78 is 5.27. The summed E-state index contributed by atoms with van der Waals surface area (Å²) in [5.41, 5.74) is 0.0738. The van der Waals surface area contributed by atoms with Gasteiger partial charge < -0.3 is 15.0 Å². The molecule has 5 nitrogen and oxygen atoms in total. The summed E-state index contributed by atoms with van der Waals surface area (Å²) in [6.45, 7) is 6.64. The lowest BCUT2D eigenvalue weighted by Gasteiger charge is -2.33. The first-order valence-electron chi connectivity index (χ1n) is 7.79. The zero-order valence-corrected chi connectivity index (χ0v) is 14.5. The molecule has 1 saturated heterocycles. The predicted octanol–water partition coefficient (Wildman–Crippen LogP) is 3.47. The number of rotatable bonds is 2. The molecule has 0 radical (unpaired) electrons. The van der Waals surface area contributed by atoms with Crippen LogP contribution in [0.15, 0.2) is 24.3 Å². The van der Waals surface area contributed by atoms with Crippen molar-refractivity contribution in [3.63, 3.8) is 0 Å². The van der Waals surface area contributed by atoms with Crippen LogP contribution in [0.5, 0.6) is 0 Å². The van der Waals surface area contributed by atoms with Gasteiger partial charge in [0.05, 0.1) is 0 Å². The van der Waals surface area contributed by atoms with Crippen molar-refractivity contribution in [2.75, 3.05) is 13.1 Å². The van der Waals surface area contributed by atoms with Crippen LogP contribution < -0.4 is 5.32 Å². The van der Waals surface area contributed by atoms with Gasteiger partial charge in [0.1, 0.15) is 5.60 Å². The number of carbonyl (C=O) groups is 2. The van der Waals surface area contributed by atoms with Gasteiger partial charge in [-0.1, -0.05) is 11.6 Å². The summed E-state index contributed by atoms with van der Waals surface area (Å²) >= 11 is 5.85. The Balaban J connectivity index is 1.94. The average molecular weight is 339 g/mol. The van der Waals surface area contributed by atoms with Gasteiger partial charge in [0.2, 0.25) is 0 Å². The first-order chi connectivity index (χ1) is 10.7. The third kappa shape index (κ3) is 5.43. The summed E-state index contributed by atoms with van der Waals surface area (Å²) in [5, 5.41) is 3.45. The second-order valence-corrected chi connectivity index (χ2v) is 7.18. The fraction of sp³-hybridized carbons (Fsp3) is 0.529. The molecule has 0 saturated carbocycles. The molecular formula is C17H23ClN2O3. The number of amides is 2. The number of hydrogen-bond acceptors (Lipinski definition) is 3. The van der Waals surface area contributed by atoms with Crippen molar-refractivity contribution >= 4 is 23.6 Å². The summed E-state index contributed by atoms with van der Waals surface area (Å²) in [4.78, 5) is 26.1. The van der Waals surface area contributed by atoms with Crippen molar-refractivity contribution in [2.45, 2.75) is 45.3 Å². The van der Waals surface area contributed by atoms with Gasteiger partial charge in [-0.3, -0.25) is 4.79 Å². The smallest absolute Gasteiger partial charge is 0.407 e. The van der Waals surface area contributed by atoms with Crippen molar-refractivity contribution in [3.8, 4) is 0 Å². The van der Waals surface area contributed by atoms with Crippen LogP contribution in [-0.2, 0) is 4.74 Å². The molecule has 1 atom stereocenters. The van der Waals surface area contributed by atoms with E-state index in [1.54, 1.807) is 29.2 Å². The average Bonchev–Trinajstić information content (AvgIpc) is 2.45. The largest absolute Gasteiger partial charge is 0.444 e. The third-order valence-corrected chi connectivity index (χ3v) is 3.77. The molecule has 1 aliphatic rings. The number of ether oxygens (including phenoxy) is 1. The molecule has 1 fully saturated rings. The molecule has 6 heteroatoms. The minimum Gasteiger partial charge on any atom is -0.444 e. The summed E-state index contributed by atoms with van der Waals surface area (Å²) in [5.74, 6) is -0.0441. The van der Waals surface area contributed by atoms with E-state index in [-0.39, 0.29) is 11.9 Å². The molecule has 1 aromatic rings. The van der Waals surface area contributed by atoms with E-state index < -0.39 is 11.7 Å². The summed E-state index contributed by atoms with van der Waals surface area (Å²) in [6.07, 6.45) is 1.24. The maximum absolute atomic E-state index is 12.5. The number of piperidine rings is 1. The first kappa shape index (κ1) is 17.6. The van der Waals surface area contributed by atoms with Crippen molar-refractivity contribution in [2.24, 2.45) is 0 Å². The molecule has 0 bridgehead atoms. The lowest BCUT2D eigenvalue weighted by atomic mass is 10.0. The molecular weight excluding hydrogens is 316 g/mol. The topological polar surface area (TPSA) is 58.6 Å². The number of nitrogens with zero attached hydrogens (tertiary/aromatic N) is 1.